The van der Waals surface area contributed by atoms with Crippen LogP contribution < -0.4 is 16.0 Å². The second-order valence-corrected chi connectivity index (χ2v) is 5.00. The van der Waals surface area contributed by atoms with Gasteiger partial charge in [-0.25, -0.2) is 0 Å². The van der Waals surface area contributed by atoms with Crippen LogP contribution in [0.15, 0.2) is 18.5 Å². The molecule has 1 heterocycles. The number of hydrogen-bond acceptors (Lipinski definition) is 4. The monoisotopic (exact) mass is 236 g/mol. The quantitative estimate of drug-likeness (QED) is 0.824. The van der Waals surface area contributed by atoms with Gasteiger partial charge in [-0.15, -0.1) is 0 Å². The predicted molar refractivity (Wildman–Crippen MR) is 70.1 cm³/mol. The average molecular weight is 236 g/mol. The highest BCUT2D eigenvalue weighted by atomic mass is 16.1. The number of carbonyl (C=O) groups is 1. The van der Waals surface area contributed by atoms with Gasteiger partial charge in [0.15, 0.2) is 0 Å². The molecule has 5 heteroatoms. The Balaban J connectivity index is 2.78. The summed E-state index contributed by atoms with van der Waals surface area (Å²) in [5, 5.41) is 2.83. The SMILES string of the molecule is CN(C)c1ccncc1NC(=O)CC(C)(C)N. The van der Waals surface area contributed by atoms with Crippen molar-refractivity contribution in [1.29, 1.82) is 0 Å². The van der Waals surface area contributed by atoms with Gasteiger partial charge in [-0.2, -0.15) is 0 Å². The molecule has 5 nitrogen and oxygen atoms in total. The number of nitrogens with one attached hydrogen (secondary N) is 1. The van der Waals surface area contributed by atoms with E-state index in [0.29, 0.717) is 5.69 Å². The average Bonchev–Trinajstić information content (AvgIpc) is 2.14. The van der Waals surface area contributed by atoms with Crippen molar-refractivity contribution in [2.75, 3.05) is 24.3 Å². The number of nitrogens with zero attached hydrogens (tertiary/aromatic N) is 2. The van der Waals surface area contributed by atoms with Crippen molar-refractivity contribution in [3.05, 3.63) is 18.5 Å². The fourth-order valence-corrected chi connectivity index (χ4v) is 1.48. The molecular weight excluding hydrogens is 216 g/mol. The third-order valence-corrected chi connectivity index (χ3v) is 2.17. The van der Waals surface area contributed by atoms with Gasteiger partial charge < -0.3 is 16.0 Å². The summed E-state index contributed by atoms with van der Waals surface area (Å²) in [5.74, 6) is -0.103. The maximum atomic E-state index is 11.8. The number of aromatic nitrogens is 1. The van der Waals surface area contributed by atoms with E-state index in [1.54, 1.807) is 12.4 Å². The summed E-state index contributed by atoms with van der Waals surface area (Å²) in [4.78, 5) is 17.7. The van der Waals surface area contributed by atoms with Crippen molar-refractivity contribution < 1.29 is 4.79 Å². The molecular formula is C12H20N4O. The van der Waals surface area contributed by atoms with Crippen LogP contribution in [0.4, 0.5) is 11.4 Å². The largest absolute Gasteiger partial charge is 0.376 e. The number of rotatable bonds is 4. The van der Waals surface area contributed by atoms with Crippen LogP contribution in [0.2, 0.25) is 0 Å². The molecule has 94 valence electrons. The van der Waals surface area contributed by atoms with Gasteiger partial charge >= 0.3 is 0 Å². The summed E-state index contributed by atoms with van der Waals surface area (Å²) >= 11 is 0. The Kier molecular flexibility index (Phi) is 4.07. The molecule has 0 radical (unpaired) electrons. The molecule has 0 atom stereocenters. The van der Waals surface area contributed by atoms with E-state index in [-0.39, 0.29) is 12.3 Å². The molecule has 0 aromatic carbocycles. The van der Waals surface area contributed by atoms with Gasteiger partial charge in [0.1, 0.15) is 0 Å². The van der Waals surface area contributed by atoms with E-state index >= 15 is 0 Å². The smallest absolute Gasteiger partial charge is 0.226 e. The van der Waals surface area contributed by atoms with Crippen LogP contribution in [-0.4, -0.2) is 30.5 Å². The first-order chi connectivity index (χ1) is 7.79. The maximum Gasteiger partial charge on any atom is 0.226 e. The van der Waals surface area contributed by atoms with Crippen LogP contribution in [0.25, 0.3) is 0 Å². The molecule has 0 bridgehead atoms. The van der Waals surface area contributed by atoms with Gasteiger partial charge in [0, 0.05) is 32.3 Å². The number of pyridine rings is 1. The first-order valence-corrected chi connectivity index (χ1v) is 5.50. The third kappa shape index (κ3) is 4.40. The normalized spacial score (nSPS) is 11.1. The van der Waals surface area contributed by atoms with Crippen molar-refractivity contribution in [1.82, 2.24) is 4.98 Å². The Morgan fingerprint density at radius 3 is 2.71 bits per heavy atom. The molecule has 1 aromatic rings. The first-order valence-electron chi connectivity index (χ1n) is 5.50. The van der Waals surface area contributed by atoms with E-state index in [1.807, 2.05) is 38.9 Å². The minimum Gasteiger partial charge on any atom is -0.376 e. The molecule has 1 rings (SSSR count). The number of hydrogen-bond donors (Lipinski definition) is 2. The molecule has 3 N–H and O–H groups in total. The predicted octanol–water partition coefficient (Wildman–Crippen LogP) is 1.21. The molecule has 0 unspecified atom stereocenters. The van der Waals surface area contributed by atoms with Crippen LogP contribution in [0.3, 0.4) is 0 Å². The zero-order valence-electron chi connectivity index (χ0n) is 10.8. The molecule has 0 spiro atoms. The lowest BCUT2D eigenvalue weighted by Crippen LogP contribution is -2.36. The van der Waals surface area contributed by atoms with E-state index in [0.717, 1.165) is 5.69 Å². The Bertz CT molecular complexity index is 396. The number of anilines is 2. The van der Waals surface area contributed by atoms with Crippen molar-refractivity contribution in [2.45, 2.75) is 25.8 Å². The molecule has 1 aromatic heterocycles. The van der Waals surface area contributed by atoms with Gasteiger partial charge in [-0.3, -0.25) is 9.78 Å². The Morgan fingerprint density at radius 1 is 1.53 bits per heavy atom. The van der Waals surface area contributed by atoms with Crippen LogP contribution in [-0.2, 0) is 4.79 Å². The van der Waals surface area contributed by atoms with Crippen LogP contribution >= 0.6 is 0 Å². The van der Waals surface area contributed by atoms with Gasteiger partial charge in [-0.1, -0.05) is 0 Å². The van der Waals surface area contributed by atoms with E-state index in [2.05, 4.69) is 10.3 Å². The Hall–Kier alpha value is -1.62. The second kappa shape index (κ2) is 5.14. The van der Waals surface area contributed by atoms with E-state index in [9.17, 15) is 4.79 Å². The highest BCUT2D eigenvalue weighted by Crippen LogP contribution is 2.22. The fourth-order valence-electron chi connectivity index (χ4n) is 1.48. The molecule has 0 aliphatic rings. The molecule has 0 aliphatic heterocycles. The minimum atomic E-state index is -0.509. The van der Waals surface area contributed by atoms with Crippen molar-refractivity contribution in [3.8, 4) is 0 Å². The molecule has 0 fully saturated rings. The van der Waals surface area contributed by atoms with Crippen molar-refractivity contribution in [2.24, 2.45) is 5.73 Å². The van der Waals surface area contributed by atoms with E-state index < -0.39 is 5.54 Å². The van der Waals surface area contributed by atoms with Crippen LogP contribution in [0.1, 0.15) is 20.3 Å². The maximum absolute atomic E-state index is 11.8. The molecule has 0 saturated carbocycles. The summed E-state index contributed by atoms with van der Waals surface area (Å²) in [5.41, 5.74) is 6.91. The van der Waals surface area contributed by atoms with Gasteiger partial charge in [-0.05, 0) is 19.9 Å². The zero-order valence-corrected chi connectivity index (χ0v) is 10.8. The topological polar surface area (TPSA) is 71.2 Å². The lowest BCUT2D eigenvalue weighted by molar-refractivity contribution is -0.117. The van der Waals surface area contributed by atoms with Crippen LogP contribution in [0.5, 0.6) is 0 Å². The first kappa shape index (κ1) is 13.4. The molecule has 17 heavy (non-hydrogen) atoms. The fraction of sp³-hybridized carbons (Fsp3) is 0.500. The lowest BCUT2D eigenvalue weighted by Gasteiger charge is -2.20. The summed E-state index contributed by atoms with van der Waals surface area (Å²) < 4.78 is 0. The summed E-state index contributed by atoms with van der Waals surface area (Å²) in [6.45, 7) is 3.64. The molecule has 0 aliphatic carbocycles. The number of amides is 1. The van der Waals surface area contributed by atoms with E-state index in [1.165, 1.54) is 0 Å². The van der Waals surface area contributed by atoms with Crippen molar-refractivity contribution >= 4 is 17.3 Å². The van der Waals surface area contributed by atoms with Crippen LogP contribution in [0, 0.1) is 0 Å². The lowest BCUT2D eigenvalue weighted by atomic mass is 10.0. The second-order valence-electron chi connectivity index (χ2n) is 5.00. The standard InChI is InChI=1S/C12H20N4O/c1-12(2,13)7-11(17)15-9-8-14-6-5-10(9)16(3)4/h5-6,8H,7,13H2,1-4H3,(H,15,17). The highest BCUT2D eigenvalue weighted by molar-refractivity contribution is 5.94. The highest BCUT2D eigenvalue weighted by Gasteiger charge is 2.17. The Morgan fingerprint density at radius 2 is 2.18 bits per heavy atom. The Labute approximate surface area is 102 Å². The molecule has 0 saturated heterocycles. The van der Waals surface area contributed by atoms with Gasteiger partial charge in [0.05, 0.1) is 17.6 Å². The summed E-state index contributed by atoms with van der Waals surface area (Å²) in [7, 11) is 3.83. The number of carbonyl (C=O) groups excluding carboxylic acids is 1. The van der Waals surface area contributed by atoms with Crippen molar-refractivity contribution in [3.63, 3.8) is 0 Å². The minimum absolute atomic E-state index is 0.103. The van der Waals surface area contributed by atoms with Gasteiger partial charge in [0.2, 0.25) is 5.91 Å². The van der Waals surface area contributed by atoms with Gasteiger partial charge in [0.25, 0.3) is 0 Å². The zero-order chi connectivity index (χ0) is 13.1. The van der Waals surface area contributed by atoms with E-state index in [4.69, 9.17) is 5.73 Å². The number of nitrogens with two attached hydrogens (primary N) is 1. The summed E-state index contributed by atoms with van der Waals surface area (Å²) in [6, 6.07) is 1.85. The summed E-state index contributed by atoms with van der Waals surface area (Å²) in [6.07, 6.45) is 3.60. The third-order valence-electron chi connectivity index (χ3n) is 2.17. The molecule has 1 amide bonds.